The summed E-state index contributed by atoms with van der Waals surface area (Å²) in [5.41, 5.74) is 41.1. The first kappa shape index (κ1) is 103. The Hall–Kier alpha value is -15.2. The van der Waals surface area contributed by atoms with Crippen molar-refractivity contribution in [2.45, 2.75) is 262 Å². The highest BCUT2D eigenvalue weighted by Crippen LogP contribution is 2.49. The quantitative estimate of drug-likeness (QED) is 0.0619. The van der Waals surface area contributed by atoms with E-state index in [0.29, 0.717) is 28.1 Å². The molecule has 6 N–H and O–H groups in total. The molecule has 6 aromatic heterocycles. The number of benzene rings is 9. The number of hydrogen-bond donors (Lipinski definition) is 6. The molecule has 4 aliphatic rings. The number of amides is 2. The fourth-order valence-corrected chi connectivity index (χ4v) is 20.4. The van der Waals surface area contributed by atoms with Gasteiger partial charge >= 0.3 is 0 Å². The van der Waals surface area contributed by atoms with Crippen LogP contribution in [-0.2, 0) is 54.1 Å². The second kappa shape index (κ2) is 37.8. The minimum atomic E-state index is -0.284. The molecule has 0 atom stereocenters. The lowest BCUT2D eigenvalue weighted by Gasteiger charge is -2.26. The smallest absolute Gasteiger partial charge is 0.255 e. The molecule has 19 rings (SSSR count). The standard InChI is InChI=1S/C137H144N10O3/c1-128(2,3)90-63-85(64-91(73-90)129(4,5)6)121-108-53-47-102(140-108)118(80-33-37-83(38-34-80)126(149)138-100-43-31-79(78-148)32-44-100)103-48-54-109(141-103)122(86-65-92(130(7,8)9)74-93(66-86)131(10,11)12)111-56-50-105(143-111)119(104-49-55-110(121)142-104)81-35-39-84(40-36-81)127(150)139-101-45-41-82(42-46-101)120-106-51-57-112(144-106)123(87-67-94(132(13,14)15)75-95(68-87)133(16,17)18)114-59-61-116(146-114)125(89-71-98(136(25,26)27)77-99(72-89)137(28,29)30)117-62-60-115(147-117)124(113-58-52-107(120)145-113)88-69-96(134(19,20)21)76-97(70-88)135(22,23)24/h31-78,140,143-144,147H,1-30H3,(H,138,149)(H,139,150). The largest absolute Gasteiger partial charge is 0.354 e. The number of anilines is 2. The van der Waals surface area contributed by atoms with Gasteiger partial charge in [0.25, 0.3) is 11.8 Å². The van der Waals surface area contributed by atoms with Gasteiger partial charge in [-0.25, -0.2) is 19.9 Å². The Labute approximate surface area is 886 Å². The van der Waals surface area contributed by atoms with Crippen LogP contribution in [0.5, 0.6) is 0 Å². The maximum absolute atomic E-state index is 15.4. The molecule has 0 fully saturated rings. The summed E-state index contributed by atoms with van der Waals surface area (Å²) < 4.78 is 0. The SMILES string of the molecule is CC(C)(C)c1cc(-c2c3nc(c(-c4ccc(C(=O)Nc5ccc(-c6c7nc(c(-c8cc(C(C)(C)C)cc(C(C)(C)C)c8)c8ccc([nH]8)c(-c8cc(C(C)(C)C)cc(C(C)(C)C)c8)c8nc(c(-c9cc(C(C)(C)C)cc(C(C)(C)C)c9)c9ccc6[nH]9)C=C8)C=C7)cc5)cc4)c4ccc([nH]4)c(-c4cc(C(C)(C)C)cc(C(C)(C)C)c4)c4nc(c(-c5ccc(C(=O)Nc6ccc(C=O)cc6)cc5)c5ccc2[nH]5)C=C4)C=C3)cc(C(C)(C)C)c1. The van der Waals surface area contributed by atoms with Gasteiger partial charge in [0, 0.05) is 117 Å². The van der Waals surface area contributed by atoms with Gasteiger partial charge in [0.05, 0.1) is 45.6 Å². The van der Waals surface area contributed by atoms with Crippen LogP contribution in [0.3, 0.4) is 0 Å². The van der Waals surface area contributed by atoms with E-state index in [1.54, 1.807) is 24.3 Å². The molecule has 13 nitrogen and oxygen atoms in total. The summed E-state index contributed by atoms with van der Waals surface area (Å²) in [6.45, 7) is 68.7. The molecule has 0 unspecified atom stereocenters. The molecular formula is C137H144N10O3. The summed E-state index contributed by atoms with van der Waals surface area (Å²) in [5, 5.41) is 6.37. The summed E-state index contributed by atoms with van der Waals surface area (Å²) in [7, 11) is 0. The van der Waals surface area contributed by atoms with E-state index in [1.165, 1.54) is 55.6 Å². The predicted molar refractivity (Wildman–Crippen MR) is 636 cm³/mol. The van der Waals surface area contributed by atoms with Crippen LogP contribution in [-0.4, -0.2) is 58.0 Å². The number of rotatable bonds is 13. The van der Waals surface area contributed by atoms with Crippen LogP contribution in [0.1, 0.15) is 340 Å². The fraction of sp³-hybridized carbons (Fsp3) is 0.292. The number of nitrogens with one attached hydrogen (secondary N) is 6. The van der Waals surface area contributed by atoms with Crippen molar-refractivity contribution in [2.75, 3.05) is 10.6 Å². The summed E-state index contributed by atoms with van der Waals surface area (Å²) in [4.78, 5) is 80.8. The molecule has 760 valence electrons. The number of nitrogens with zero attached hydrogens (tertiary/aromatic N) is 4. The summed E-state index contributed by atoms with van der Waals surface area (Å²) in [5.74, 6) is -0.559. The molecule has 2 amide bonds. The Balaban J connectivity index is 0.780. The van der Waals surface area contributed by atoms with Gasteiger partial charge in [0.2, 0.25) is 0 Å². The molecule has 0 saturated heterocycles. The van der Waals surface area contributed by atoms with Crippen molar-refractivity contribution in [3.8, 4) is 89.0 Å². The number of fused-ring (bicyclic) bond motifs is 16. The fourth-order valence-electron chi connectivity index (χ4n) is 20.4. The number of carbonyl (C=O) groups is 3. The van der Waals surface area contributed by atoms with Gasteiger partial charge in [0.15, 0.2) is 0 Å². The van der Waals surface area contributed by atoms with Crippen molar-refractivity contribution in [2.24, 2.45) is 0 Å². The van der Waals surface area contributed by atoms with Crippen molar-refractivity contribution >= 4 is 122 Å². The Kier molecular flexibility index (Phi) is 26.1. The van der Waals surface area contributed by atoms with E-state index in [4.69, 9.17) is 19.9 Å². The Bertz CT molecular complexity index is 8200. The molecule has 4 aliphatic heterocycles. The van der Waals surface area contributed by atoms with Crippen molar-refractivity contribution in [1.29, 1.82) is 0 Å². The summed E-state index contributed by atoms with van der Waals surface area (Å²) in [6, 6.07) is 83.7. The molecule has 10 heterocycles. The second-order valence-corrected chi connectivity index (χ2v) is 51.9. The van der Waals surface area contributed by atoms with Gasteiger partial charge in [-0.15, -0.1) is 0 Å². The number of aldehydes is 1. The van der Waals surface area contributed by atoms with Crippen LogP contribution in [0, 0.1) is 0 Å². The minimum absolute atomic E-state index is 0.165. The van der Waals surface area contributed by atoms with Crippen molar-refractivity contribution in [3.05, 3.63) is 354 Å². The van der Waals surface area contributed by atoms with Crippen LogP contribution in [0.2, 0.25) is 0 Å². The Morgan fingerprint density at radius 2 is 0.353 bits per heavy atom. The molecular weight excluding hydrogens is 1830 g/mol. The Morgan fingerprint density at radius 3 is 0.513 bits per heavy atom. The number of aromatic amines is 4. The first-order chi connectivity index (χ1) is 70.3. The molecule has 0 aliphatic carbocycles. The zero-order chi connectivity index (χ0) is 107. The lowest BCUT2D eigenvalue weighted by molar-refractivity contribution is 0.101. The first-order valence-corrected chi connectivity index (χ1v) is 53.0. The molecule has 0 spiro atoms. The van der Waals surface area contributed by atoms with Gasteiger partial charge in [0.1, 0.15) is 6.29 Å². The maximum atomic E-state index is 15.4. The number of H-pyrrole nitrogens is 4. The van der Waals surface area contributed by atoms with E-state index in [2.05, 4.69) is 439 Å². The molecule has 13 heteroatoms. The highest BCUT2D eigenvalue weighted by Gasteiger charge is 2.34. The highest BCUT2D eigenvalue weighted by atomic mass is 16.2. The number of hydrogen-bond acceptors (Lipinski definition) is 7. The van der Waals surface area contributed by atoms with Gasteiger partial charge in [-0.05, 0) is 312 Å². The third kappa shape index (κ3) is 21.1. The summed E-state index contributed by atoms with van der Waals surface area (Å²) >= 11 is 0. The van der Waals surface area contributed by atoms with Crippen molar-refractivity contribution in [1.82, 2.24) is 39.9 Å². The van der Waals surface area contributed by atoms with E-state index in [-0.39, 0.29) is 66.0 Å². The number of aromatic nitrogens is 8. The topological polar surface area (TPSA) is 190 Å². The zero-order valence-corrected chi connectivity index (χ0v) is 93.2. The minimum Gasteiger partial charge on any atom is -0.354 e. The second-order valence-electron chi connectivity index (χ2n) is 51.9. The van der Waals surface area contributed by atoms with E-state index in [9.17, 15) is 9.59 Å². The van der Waals surface area contributed by atoms with Crippen LogP contribution >= 0.6 is 0 Å². The molecule has 150 heavy (non-hydrogen) atoms. The van der Waals surface area contributed by atoms with Crippen LogP contribution in [0.4, 0.5) is 11.4 Å². The average Bonchev–Trinajstić information content (AvgIpc) is 1.59. The van der Waals surface area contributed by atoms with Crippen LogP contribution in [0.25, 0.3) is 182 Å². The zero-order valence-electron chi connectivity index (χ0n) is 93.2. The number of carbonyl (C=O) groups excluding carboxylic acids is 3. The molecule has 0 radical (unpaired) electrons. The lowest BCUT2D eigenvalue weighted by atomic mass is 9.78. The van der Waals surface area contributed by atoms with E-state index in [1.807, 2.05) is 60.7 Å². The van der Waals surface area contributed by atoms with Crippen LogP contribution < -0.4 is 10.6 Å². The third-order valence-corrected chi connectivity index (χ3v) is 29.9. The normalized spacial score (nSPS) is 13.2. The van der Waals surface area contributed by atoms with E-state index in [0.717, 1.165) is 185 Å². The van der Waals surface area contributed by atoms with E-state index < -0.39 is 0 Å². The molecule has 15 aromatic rings. The molecule has 0 saturated carbocycles. The van der Waals surface area contributed by atoms with Crippen molar-refractivity contribution < 1.29 is 14.4 Å². The van der Waals surface area contributed by atoms with Gasteiger partial charge in [-0.1, -0.05) is 335 Å². The van der Waals surface area contributed by atoms with Crippen LogP contribution in [0.15, 0.2) is 237 Å². The van der Waals surface area contributed by atoms with Gasteiger partial charge in [-0.3, -0.25) is 14.4 Å². The Morgan fingerprint density at radius 1 is 0.200 bits per heavy atom. The predicted octanol–water partition coefficient (Wildman–Crippen LogP) is 36.3. The highest BCUT2D eigenvalue weighted by molar-refractivity contribution is 6.09. The van der Waals surface area contributed by atoms with Gasteiger partial charge < -0.3 is 30.6 Å². The monoisotopic (exact) mass is 1980 g/mol. The maximum Gasteiger partial charge on any atom is 0.255 e. The lowest BCUT2D eigenvalue weighted by Crippen LogP contribution is -2.16. The van der Waals surface area contributed by atoms with Crippen molar-refractivity contribution in [3.63, 3.8) is 0 Å². The van der Waals surface area contributed by atoms with Gasteiger partial charge in [-0.2, -0.15) is 0 Å². The van der Waals surface area contributed by atoms with E-state index >= 15 is 4.79 Å². The molecule has 16 bridgehead atoms. The molecule has 9 aromatic carbocycles. The first-order valence-electron chi connectivity index (χ1n) is 53.0. The average molecular weight is 1980 g/mol. The third-order valence-electron chi connectivity index (χ3n) is 29.9. The summed E-state index contributed by atoms with van der Waals surface area (Å²) in [6.07, 6.45) is 18.1.